The molecule has 0 aromatic rings. The van der Waals surface area contributed by atoms with Gasteiger partial charge in [-0.25, -0.2) is 4.79 Å². The van der Waals surface area contributed by atoms with Crippen molar-refractivity contribution in [2.45, 2.75) is 31.3 Å². The van der Waals surface area contributed by atoms with Gasteiger partial charge in [0.25, 0.3) is 0 Å². The third-order valence-corrected chi connectivity index (χ3v) is 2.74. The monoisotopic (exact) mass is 183 g/mol. The van der Waals surface area contributed by atoms with Crippen LogP contribution < -0.4 is 10.6 Å². The van der Waals surface area contributed by atoms with Crippen LogP contribution in [0.4, 0.5) is 4.79 Å². The van der Waals surface area contributed by atoms with Gasteiger partial charge in [0.05, 0.1) is 0 Å². The molecule has 2 fully saturated rings. The molecule has 2 amide bonds. The Hall–Kier alpha value is -0.770. The van der Waals surface area contributed by atoms with Crippen LogP contribution in [-0.2, 0) is 0 Å². The Labute approximate surface area is 78.7 Å². The zero-order chi connectivity index (χ0) is 9.26. The molecule has 4 heteroatoms. The second kappa shape index (κ2) is 3.54. The lowest BCUT2D eigenvalue weighted by molar-refractivity contribution is 0.215. The van der Waals surface area contributed by atoms with Gasteiger partial charge >= 0.3 is 6.03 Å². The van der Waals surface area contributed by atoms with E-state index in [4.69, 9.17) is 0 Å². The van der Waals surface area contributed by atoms with E-state index >= 15 is 0 Å². The fourth-order valence-corrected chi connectivity index (χ4v) is 1.81. The molecule has 0 radical (unpaired) electrons. The number of amides is 2. The molecule has 4 nitrogen and oxygen atoms in total. The third-order valence-electron chi connectivity index (χ3n) is 2.74. The minimum absolute atomic E-state index is 0.142. The molecular formula is C9H17N3O. The van der Waals surface area contributed by atoms with Gasteiger partial charge < -0.3 is 15.5 Å². The van der Waals surface area contributed by atoms with E-state index in [1.54, 1.807) is 0 Å². The Balaban J connectivity index is 1.80. The molecule has 0 bridgehead atoms. The highest BCUT2D eigenvalue weighted by Gasteiger charge is 2.38. The van der Waals surface area contributed by atoms with Gasteiger partial charge in [0.1, 0.15) is 0 Å². The summed E-state index contributed by atoms with van der Waals surface area (Å²) in [5.41, 5.74) is 0. The van der Waals surface area contributed by atoms with Gasteiger partial charge in [-0.15, -0.1) is 0 Å². The topological polar surface area (TPSA) is 44.4 Å². The molecule has 1 aliphatic heterocycles. The summed E-state index contributed by atoms with van der Waals surface area (Å²) in [6.07, 6.45) is 3.43. The zero-order valence-electron chi connectivity index (χ0n) is 8.05. The van der Waals surface area contributed by atoms with Crippen LogP contribution in [0.25, 0.3) is 0 Å². The fraction of sp³-hybridized carbons (Fsp3) is 0.889. The van der Waals surface area contributed by atoms with Gasteiger partial charge in [-0.3, -0.25) is 0 Å². The number of hydrogen-bond donors (Lipinski definition) is 2. The van der Waals surface area contributed by atoms with Gasteiger partial charge in [0, 0.05) is 18.6 Å². The lowest BCUT2D eigenvalue weighted by atomic mass is 10.2. The summed E-state index contributed by atoms with van der Waals surface area (Å²) >= 11 is 0. The molecule has 2 N–H and O–H groups in total. The molecule has 74 valence electrons. The number of rotatable bonds is 4. The lowest BCUT2D eigenvalue weighted by Crippen LogP contribution is -2.30. The summed E-state index contributed by atoms with van der Waals surface area (Å²) in [6, 6.07) is 1.06. The second-order valence-corrected chi connectivity index (χ2v) is 3.92. The average Bonchev–Trinajstić information content (AvgIpc) is 2.88. The molecule has 1 saturated heterocycles. The minimum atomic E-state index is 0.142. The Kier molecular flexibility index (Phi) is 2.40. The van der Waals surface area contributed by atoms with E-state index < -0.39 is 0 Å². The zero-order valence-corrected chi connectivity index (χ0v) is 8.05. The van der Waals surface area contributed by atoms with Crippen molar-refractivity contribution in [1.29, 1.82) is 0 Å². The summed E-state index contributed by atoms with van der Waals surface area (Å²) in [5, 5.41) is 6.11. The summed E-state index contributed by atoms with van der Waals surface area (Å²) in [7, 11) is 1.94. The first kappa shape index (κ1) is 8.81. The molecule has 1 unspecified atom stereocenters. The Morgan fingerprint density at radius 1 is 1.62 bits per heavy atom. The first-order valence-corrected chi connectivity index (χ1v) is 5.03. The van der Waals surface area contributed by atoms with Crippen LogP contribution in [0.1, 0.15) is 19.3 Å². The van der Waals surface area contributed by atoms with Crippen molar-refractivity contribution >= 4 is 6.03 Å². The highest BCUT2D eigenvalue weighted by molar-refractivity contribution is 5.77. The molecule has 0 aromatic carbocycles. The molecule has 13 heavy (non-hydrogen) atoms. The normalized spacial score (nSPS) is 27.9. The fourth-order valence-electron chi connectivity index (χ4n) is 1.81. The smallest absolute Gasteiger partial charge is 0.317 e. The van der Waals surface area contributed by atoms with Crippen molar-refractivity contribution in [1.82, 2.24) is 15.5 Å². The van der Waals surface area contributed by atoms with Crippen LogP contribution in [0.5, 0.6) is 0 Å². The molecule has 1 atom stereocenters. The number of carbonyl (C=O) groups excluding carboxylic acids is 1. The molecular weight excluding hydrogens is 166 g/mol. The predicted octanol–water partition coefficient (Wildman–Crippen LogP) is 0.152. The van der Waals surface area contributed by atoms with E-state index in [9.17, 15) is 4.79 Å². The van der Waals surface area contributed by atoms with Crippen molar-refractivity contribution < 1.29 is 4.79 Å². The number of urea groups is 1. The van der Waals surface area contributed by atoms with Gasteiger partial charge in [-0.05, 0) is 32.9 Å². The van der Waals surface area contributed by atoms with E-state index in [0.717, 1.165) is 19.5 Å². The molecule has 1 aliphatic carbocycles. The summed E-state index contributed by atoms with van der Waals surface area (Å²) in [6.45, 7) is 1.88. The van der Waals surface area contributed by atoms with Crippen molar-refractivity contribution in [3.63, 3.8) is 0 Å². The summed E-state index contributed by atoms with van der Waals surface area (Å²) in [5.74, 6) is 0. The largest absolute Gasteiger partial charge is 0.333 e. The minimum Gasteiger partial charge on any atom is -0.333 e. The molecule has 1 saturated carbocycles. The molecule has 2 rings (SSSR count). The molecule has 0 aromatic heterocycles. The van der Waals surface area contributed by atoms with E-state index in [-0.39, 0.29) is 6.03 Å². The van der Waals surface area contributed by atoms with Crippen molar-refractivity contribution in [2.24, 2.45) is 0 Å². The maximum atomic E-state index is 11.4. The van der Waals surface area contributed by atoms with E-state index in [2.05, 4.69) is 10.6 Å². The number of nitrogens with one attached hydrogen (secondary N) is 2. The third kappa shape index (κ3) is 1.94. The Bertz CT molecular complexity index is 203. The van der Waals surface area contributed by atoms with Gasteiger partial charge in [0.15, 0.2) is 0 Å². The number of carbonyl (C=O) groups is 1. The predicted molar refractivity (Wildman–Crippen MR) is 50.6 cm³/mol. The first-order valence-electron chi connectivity index (χ1n) is 5.03. The van der Waals surface area contributed by atoms with E-state index in [0.29, 0.717) is 12.1 Å². The van der Waals surface area contributed by atoms with Crippen LogP contribution in [-0.4, -0.2) is 43.2 Å². The van der Waals surface area contributed by atoms with Crippen molar-refractivity contribution in [3.05, 3.63) is 0 Å². The summed E-state index contributed by atoms with van der Waals surface area (Å²) < 4.78 is 0. The first-order chi connectivity index (χ1) is 6.31. The van der Waals surface area contributed by atoms with Gasteiger partial charge in [0.2, 0.25) is 0 Å². The van der Waals surface area contributed by atoms with Crippen LogP contribution >= 0.6 is 0 Å². The lowest BCUT2D eigenvalue weighted by Gasteiger charge is -2.12. The maximum Gasteiger partial charge on any atom is 0.317 e. The Morgan fingerprint density at radius 3 is 3.00 bits per heavy atom. The van der Waals surface area contributed by atoms with Crippen LogP contribution in [0.15, 0.2) is 0 Å². The highest BCUT2D eigenvalue weighted by atomic mass is 16.2. The van der Waals surface area contributed by atoms with Crippen molar-refractivity contribution in [3.8, 4) is 0 Å². The quantitative estimate of drug-likeness (QED) is 0.651. The second-order valence-electron chi connectivity index (χ2n) is 3.92. The van der Waals surface area contributed by atoms with Crippen LogP contribution in [0.3, 0.4) is 0 Å². The standard InChI is InChI=1S/C9H17N3O/c1-10-5-4-7-6-12(8-2-3-8)9(13)11-7/h7-8,10H,2-6H2,1H3,(H,11,13). The molecule has 1 heterocycles. The molecule has 2 aliphatic rings. The summed E-state index contributed by atoms with van der Waals surface area (Å²) in [4.78, 5) is 13.4. The van der Waals surface area contributed by atoms with Crippen LogP contribution in [0, 0.1) is 0 Å². The van der Waals surface area contributed by atoms with E-state index in [1.807, 2.05) is 11.9 Å². The SMILES string of the molecule is CNCCC1CN(C2CC2)C(=O)N1. The van der Waals surface area contributed by atoms with Gasteiger partial charge in [-0.1, -0.05) is 0 Å². The maximum absolute atomic E-state index is 11.4. The molecule has 0 spiro atoms. The van der Waals surface area contributed by atoms with Gasteiger partial charge in [-0.2, -0.15) is 0 Å². The van der Waals surface area contributed by atoms with Crippen LogP contribution in [0.2, 0.25) is 0 Å². The average molecular weight is 183 g/mol. The number of hydrogen-bond acceptors (Lipinski definition) is 2. The Morgan fingerprint density at radius 2 is 2.38 bits per heavy atom. The van der Waals surface area contributed by atoms with Crippen molar-refractivity contribution in [2.75, 3.05) is 20.1 Å². The van der Waals surface area contributed by atoms with E-state index in [1.165, 1.54) is 12.8 Å². The highest BCUT2D eigenvalue weighted by Crippen LogP contribution is 2.29. The number of nitrogens with zero attached hydrogens (tertiary/aromatic N) is 1.